The zero-order chi connectivity index (χ0) is 15.4. The second-order valence-electron chi connectivity index (χ2n) is 6.43. The van der Waals surface area contributed by atoms with E-state index in [1.54, 1.807) is 0 Å². The number of aromatic nitrogens is 1. The van der Waals surface area contributed by atoms with Crippen molar-refractivity contribution in [3.8, 4) is 0 Å². The molecular formula is C17H29N3O. The number of ether oxygens (including phenoxy) is 1. The summed E-state index contributed by atoms with van der Waals surface area (Å²) >= 11 is 0. The molecule has 118 valence electrons. The van der Waals surface area contributed by atoms with Gasteiger partial charge in [0.2, 0.25) is 0 Å². The van der Waals surface area contributed by atoms with Gasteiger partial charge in [-0.05, 0) is 43.0 Å². The molecule has 2 rings (SSSR count). The van der Waals surface area contributed by atoms with Gasteiger partial charge in [0.25, 0.3) is 0 Å². The molecule has 1 aromatic heterocycles. The van der Waals surface area contributed by atoms with E-state index in [2.05, 4.69) is 43.1 Å². The van der Waals surface area contributed by atoms with Crippen LogP contribution in [0.3, 0.4) is 0 Å². The molecule has 21 heavy (non-hydrogen) atoms. The number of nitrogens with zero attached hydrogens (tertiary/aromatic N) is 2. The molecule has 0 bridgehead atoms. The van der Waals surface area contributed by atoms with Gasteiger partial charge in [-0.2, -0.15) is 0 Å². The highest BCUT2D eigenvalue weighted by atomic mass is 16.5. The molecule has 1 aliphatic rings. The van der Waals surface area contributed by atoms with Crippen molar-refractivity contribution < 1.29 is 4.74 Å². The first-order chi connectivity index (χ1) is 10.0. The van der Waals surface area contributed by atoms with Crippen molar-refractivity contribution in [3.63, 3.8) is 0 Å². The summed E-state index contributed by atoms with van der Waals surface area (Å²) in [7, 11) is 3.80. The van der Waals surface area contributed by atoms with Gasteiger partial charge in [-0.1, -0.05) is 20.8 Å². The maximum atomic E-state index is 5.63. The van der Waals surface area contributed by atoms with E-state index in [-0.39, 0.29) is 0 Å². The van der Waals surface area contributed by atoms with Gasteiger partial charge >= 0.3 is 0 Å². The fourth-order valence-electron chi connectivity index (χ4n) is 2.91. The van der Waals surface area contributed by atoms with Gasteiger partial charge in [0.1, 0.15) is 5.82 Å². The zero-order valence-electron chi connectivity index (χ0n) is 14.0. The number of nitrogens with one attached hydrogen (secondary N) is 1. The van der Waals surface area contributed by atoms with Crippen LogP contribution >= 0.6 is 0 Å². The predicted octanol–water partition coefficient (Wildman–Crippen LogP) is 2.79. The number of pyridine rings is 1. The maximum Gasteiger partial charge on any atom is 0.129 e. The van der Waals surface area contributed by atoms with E-state index in [0.717, 1.165) is 31.9 Å². The van der Waals surface area contributed by atoms with Crippen molar-refractivity contribution >= 4 is 5.82 Å². The first-order valence-corrected chi connectivity index (χ1v) is 7.98. The number of hydrogen-bond donors (Lipinski definition) is 1. The number of piperidine rings is 1. The second-order valence-corrected chi connectivity index (χ2v) is 6.43. The minimum absolute atomic E-state index is 0.302. The lowest BCUT2D eigenvalue weighted by atomic mass is 9.95. The van der Waals surface area contributed by atoms with E-state index in [1.807, 2.05) is 14.2 Å². The molecule has 1 N–H and O–H groups in total. The van der Waals surface area contributed by atoms with Crippen molar-refractivity contribution in [2.75, 3.05) is 32.1 Å². The van der Waals surface area contributed by atoms with Crippen molar-refractivity contribution in [3.05, 3.63) is 23.4 Å². The zero-order valence-corrected chi connectivity index (χ0v) is 14.0. The van der Waals surface area contributed by atoms with Crippen molar-refractivity contribution in [1.82, 2.24) is 10.3 Å². The van der Waals surface area contributed by atoms with E-state index < -0.39 is 0 Å². The molecule has 0 aliphatic carbocycles. The van der Waals surface area contributed by atoms with Crippen LogP contribution in [0.5, 0.6) is 0 Å². The highest BCUT2D eigenvalue weighted by Gasteiger charge is 2.27. The van der Waals surface area contributed by atoms with Crippen LogP contribution < -0.4 is 10.2 Å². The normalized spacial score (nSPS) is 22.9. The van der Waals surface area contributed by atoms with Gasteiger partial charge < -0.3 is 15.0 Å². The largest absolute Gasteiger partial charge is 0.379 e. The summed E-state index contributed by atoms with van der Waals surface area (Å²) in [5.74, 6) is 2.17. The highest BCUT2D eigenvalue weighted by Crippen LogP contribution is 2.26. The Morgan fingerprint density at radius 1 is 1.43 bits per heavy atom. The van der Waals surface area contributed by atoms with E-state index in [1.165, 1.54) is 11.3 Å². The molecule has 0 amide bonds. The quantitative estimate of drug-likeness (QED) is 0.905. The lowest BCUT2D eigenvalue weighted by molar-refractivity contribution is 0.0496. The predicted molar refractivity (Wildman–Crippen MR) is 87.9 cm³/mol. The summed E-state index contributed by atoms with van der Waals surface area (Å²) in [6.45, 7) is 9.56. The molecule has 1 aromatic rings. The first-order valence-electron chi connectivity index (χ1n) is 7.98. The molecule has 4 heteroatoms. The monoisotopic (exact) mass is 291 g/mol. The summed E-state index contributed by atoms with van der Waals surface area (Å²) < 4.78 is 5.63. The van der Waals surface area contributed by atoms with Crippen LogP contribution in [0.15, 0.2) is 12.1 Å². The second kappa shape index (κ2) is 7.23. The molecule has 0 aromatic carbocycles. The standard InChI is InChI=1S/C17H29N3O/c1-12(2)15-8-14(10-18-4)9-17(19-15)20-7-6-13(3)16(11-20)21-5/h8-9,12-13,16,18H,6-7,10-11H2,1-5H3. The number of rotatable bonds is 5. The number of hydrogen-bond acceptors (Lipinski definition) is 4. The highest BCUT2D eigenvalue weighted by molar-refractivity contribution is 5.44. The first kappa shape index (κ1) is 16.2. The van der Waals surface area contributed by atoms with Crippen LogP contribution in [0.25, 0.3) is 0 Å². The van der Waals surface area contributed by atoms with Gasteiger partial charge in [-0.25, -0.2) is 4.98 Å². The molecule has 0 saturated carbocycles. The van der Waals surface area contributed by atoms with Crippen LogP contribution in [0, 0.1) is 5.92 Å². The van der Waals surface area contributed by atoms with Crippen LogP contribution in [0.1, 0.15) is 44.4 Å². The van der Waals surface area contributed by atoms with E-state index >= 15 is 0 Å². The third-order valence-corrected chi connectivity index (χ3v) is 4.38. The van der Waals surface area contributed by atoms with Crippen molar-refractivity contribution in [2.24, 2.45) is 5.92 Å². The Bertz CT molecular complexity index is 461. The molecule has 1 fully saturated rings. The summed E-state index contributed by atoms with van der Waals surface area (Å²) in [6, 6.07) is 4.43. The molecule has 1 aliphatic heterocycles. The molecular weight excluding hydrogens is 262 g/mol. The van der Waals surface area contributed by atoms with Crippen LogP contribution in [-0.4, -0.2) is 38.3 Å². The van der Waals surface area contributed by atoms with E-state index in [0.29, 0.717) is 17.9 Å². The average Bonchev–Trinajstić information content (AvgIpc) is 2.47. The Labute approximate surface area is 128 Å². The third-order valence-electron chi connectivity index (χ3n) is 4.38. The van der Waals surface area contributed by atoms with Crippen LogP contribution in [0.2, 0.25) is 0 Å². The fraction of sp³-hybridized carbons (Fsp3) is 0.706. The molecule has 2 atom stereocenters. The number of anilines is 1. The van der Waals surface area contributed by atoms with Gasteiger partial charge in [0.05, 0.1) is 6.10 Å². The van der Waals surface area contributed by atoms with Crippen LogP contribution in [-0.2, 0) is 11.3 Å². The Morgan fingerprint density at radius 3 is 2.81 bits per heavy atom. The van der Waals surface area contributed by atoms with Gasteiger partial charge in [-0.3, -0.25) is 0 Å². The van der Waals surface area contributed by atoms with Crippen LogP contribution in [0.4, 0.5) is 5.82 Å². The van der Waals surface area contributed by atoms with Gasteiger partial charge in [-0.15, -0.1) is 0 Å². The average molecular weight is 291 g/mol. The Kier molecular flexibility index (Phi) is 5.59. The molecule has 2 unspecified atom stereocenters. The topological polar surface area (TPSA) is 37.4 Å². The Balaban J connectivity index is 2.25. The molecule has 1 saturated heterocycles. The van der Waals surface area contributed by atoms with E-state index in [9.17, 15) is 0 Å². The minimum Gasteiger partial charge on any atom is -0.379 e. The lowest BCUT2D eigenvalue weighted by Crippen LogP contribution is -2.44. The van der Waals surface area contributed by atoms with Gasteiger partial charge in [0.15, 0.2) is 0 Å². The van der Waals surface area contributed by atoms with Crippen molar-refractivity contribution in [2.45, 2.75) is 45.8 Å². The SMILES string of the molecule is CNCc1cc(C(C)C)nc(N2CCC(C)C(OC)C2)c1. The smallest absolute Gasteiger partial charge is 0.129 e. The maximum absolute atomic E-state index is 5.63. The minimum atomic E-state index is 0.302. The molecule has 0 radical (unpaired) electrons. The fourth-order valence-corrected chi connectivity index (χ4v) is 2.91. The molecule has 2 heterocycles. The third kappa shape index (κ3) is 3.95. The van der Waals surface area contributed by atoms with Gasteiger partial charge in [0, 0.05) is 32.4 Å². The van der Waals surface area contributed by atoms with Crippen molar-refractivity contribution in [1.29, 1.82) is 0 Å². The number of methoxy groups -OCH3 is 1. The Hall–Kier alpha value is -1.13. The summed E-state index contributed by atoms with van der Waals surface area (Å²) in [4.78, 5) is 7.25. The Morgan fingerprint density at radius 2 is 2.19 bits per heavy atom. The summed E-state index contributed by atoms with van der Waals surface area (Å²) in [5.41, 5.74) is 2.48. The molecule has 0 spiro atoms. The lowest BCUT2D eigenvalue weighted by Gasteiger charge is -2.37. The summed E-state index contributed by atoms with van der Waals surface area (Å²) in [6.07, 6.45) is 1.46. The summed E-state index contributed by atoms with van der Waals surface area (Å²) in [5, 5.41) is 3.24. The molecule has 4 nitrogen and oxygen atoms in total. The van der Waals surface area contributed by atoms with E-state index in [4.69, 9.17) is 9.72 Å².